The quantitative estimate of drug-likeness (QED) is 0.671. The summed E-state index contributed by atoms with van der Waals surface area (Å²) in [5.41, 5.74) is 2.62. The number of rotatable bonds is 5. The van der Waals surface area contributed by atoms with Gasteiger partial charge in [-0.15, -0.1) is 0 Å². The number of para-hydroxylation sites is 2. The minimum atomic E-state index is -0.0841. The molecule has 1 fully saturated rings. The fourth-order valence-electron chi connectivity index (χ4n) is 3.61. The van der Waals surface area contributed by atoms with Crippen LogP contribution >= 0.6 is 0 Å². The third-order valence-corrected chi connectivity index (χ3v) is 5.20. The molecular weight excluding hydrogens is 362 g/mol. The summed E-state index contributed by atoms with van der Waals surface area (Å²) in [6.07, 6.45) is 3.28. The summed E-state index contributed by atoms with van der Waals surface area (Å²) in [4.78, 5) is 28.1. The van der Waals surface area contributed by atoms with Gasteiger partial charge in [-0.3, -0.25) is 4.79 Å². The number of anilines is 3. The molecule has 0 N–H and O–H groups in total. The van der Waals surface area contributed by atoms with Crippen molar-refractivity contribution in [3.05, 3.63) is 78.6 Å². The number of hydrogen-bond acceptors (Lipinski definition) is 5. The zero-order valence-corrected chi connectivity index (χ0v) is 16.6. The van der Waals surface area contributed by atoms with Gasteiger partial charge in [0.15, 0.2) is 0 Å². The van der Waals surface area contributed by atoms with Gasteiger partial charge in [0.05, 0.1) is 5.56 Å². The van der Waals surface area contributed by atoms with Gasteiger partial charge in [0.25, 0.3) is 5.91 Å². The fourth-order valence-corrected chi connectivity index (χ4v) is 3.61. The highest BCUT2D eigenvalue weighted by atomic mass is 16.2. The van der Waals surface area contributed by atoms with Crippen LogP contribution < -0.4 is 14.7 Å². The van der Waals surface area contributed by atoms with Crippen LogP contribution in [0.25, 0.3) is 0 Å². The standard InChI is InChI=1S/C23H25N5O/c1-2-28(21-11-7-4-8-12-21)22(29)19-17-24-23(25-18-19)27-15-13-26(14-16-27)20-9-5-3-6-10-20/h3-12,17-18H,2,13-16H2,1H3. The van der Waals surface area contributed by atoms with Gasteiger partial charge in [0.2, 0.25) is 5.95 Å². The van der Waals surface area contributed by atoms with Crippen LogP contribution in [0.1, 0.15) is 17.3 Å². The van der Waals surface area contributed by atoms with Crippen molar-refractivity contribution in [2.24, 2.45) is 0 Å². The first-order chi connectivity index (χ1) is 14.3. The first-order valence-corrected chi connectivity index (χ1v) is 10.00. The van der Waals surface area contributed by atoms with E-state index in [0.29, 0.717) is 18.1 Å². The zero-order chi connectivity index (χ0) is 20.1. The molecule has 1 saturated heterocycles. The first kappa shape index (κ1) is 18.9. The van der Waals surface area contributed by atoms with Crippen molar-refractivity contribution in [1.29, 1.82) is 0 Å². The maximum atomic E-state index is 12.9. The lowest BCUT2D eigenvalue weighted by Gasteiger charge is -2.36. The molecule has 3 aromatic rings. The monoisotopic (exact) mass is 387 g/mol. The van der Waals surface area contributed by atoms with Crippen LogP contribution in [-0.4, -0.2) is 48.6 Å². The maximum Gasteiger partial charge on any atom is 0.261 e. The molecule has 6 heteroatoms. The molecule has 148 valence electrons. The van der Waals surface area contributed by atoms with Crippen LogP contribution in [0.4, 0.5) is 17.3 Å². The normalized spacial score (nSPS) is 14.0. The van der Waals surface area contributed by atoms with E-state index in [1.54, 1.807) is 17.3 Å². The van der Waals surface area contributed by atoms with Crippen molar-refractivity contribution in [3.63, 3.8) is 0 Å². The smallest absolute Gasteiger partial charge is 0.261 e. The number of hydrogen-bond donors (Lipinski definition) is 0. The SMILES string of the molecule is CCN(C(=O)c1cnc(N2CCN(c3ccccc3)CC2)nc1)c1ccccc1. The first-order valence-electron chi connectivity index (χ1n) is 10.00. The lowest BCUT2D eigenvalue weighted by atomic mass is 10.2. The average molecular weight is 387 g/mol. The van der Waals surface area contributed by atoms with Crippen LogP contribution in [0.3, 0.4) is 0 Å². The molecule has 1 amide bonds. The molecule has 0 saturated carbocycles. The molecule has 0 aliphatic carbocycles. The van der Waals surface area contributed by atoms with Crippen LogP contribution in [-0.2, 0) is 0 Å². The number of piperazine rings is 1. The second-order valence-electron chi connectivity index (χ2n) is 6.97. The van der Waals surface area contributed by atoms with E-state index in [-0.39, 0.29) is 5.91 Å². The van der Waals surface area contributed by atoms with Gasteiger partial charge in [0, 0.05) is 56.5 Å². The van der Waals surface area contributed by atoms with Gasteiger partial charge in [-0.2, -0.15) is 0 Å². The maximum absolute atomic E-state index is 12.9. The Morgan fingerprint density at radius 1 is 0.862 bits per heavy atom. The molecule has 0 spiro atoms. The van der Waals surface area contributed by atoms with E-state index in [4.69, 9.17) is 0 Å². The van der Waals surface area contributed by atoms with Crippen LogP contribution in [0, 0.1) is 0 Å². The molecule has 0 unspecified atom stereocenters. The Bertz CT molecular complexity index is 923. The second kappa shape index (κ2) is 8.73. The summed E-state index contributed by atoms with van der Waals surface area (Å²) in [5.74, 6) is 0.594. The molecule has 2 aromatic carbocycles. The Kier molecular flexibility index (Phi) is 5.70. The molecule has 1 aliphatic rings. The van der Waals surface area contributed by atoms with Crippen molar-refractivity contribution in [3.8, 4) is 0 Å². The summed E-state index contributed by atoms with van der Waals surface area (Å²) >= 11 is 0. The number of benzene rings is 2. The fraction of sp³-hybridized carbons (Fsp3) is 0.261. The van der Waals surface area contributed by atoms with E-state index in [1.165, 1.54) is 5.69 Å². The highest BCUT2D eigenvalue weighted by Crippen LogP contribution is 2.19. The molecule has 0 bridgehead atoms. The third kappa shape index (κ3) is 4.21. The van der Waals surface area contributed by atoms with Crippen LogP contribution in [0.15, 0.2) is 73.1 Å². The number of aromatic nitrogens is 2. The summed E-state index contributed by atoms with van der Waals surface area (Å²) < 4.78 is 0. The highest BCUT2D eigenvalue weighted by molar-refractivity contribution is 6.05. The van der Waals surface area contributed by atoms with E-state index in [1.807, 2.05) is 43.3 Å². The van der Waals surface area contributed by atoms with Crippen molar-refractivity contribution >= 4 is 23.2 Å². The Balaban J connectivity index is 1.41. The van der Waals surface area contributed by atoms with Crippen LogP contribution in [0.5, 0.6) is 0 Å². The van der Waals surface area contributed by atoms with Gasteiger partial charge in [-0.1, -0.05) is 36.4 Å². The third-order valence-electron chi connectivity index (χ3n) is 5.20. The molecule has 0 atom stereocenters. The molecular formula is C23H25N5O. The molecule has 29 heavy (non-hydrogen) atoms. The molecule has 1 aromatic heterocycles. The largest absolute Gasteiger partial charge is 0.368 e. The molecule has 0 radical (unpaired) electrons. The summed E-state index contributed by atoms with van der Waals surface area (Å²) in [7, 11) is 0. The topological polar surface area (TPSA) is 52.6 Å². The van der Waals surface area contributed by atoms with Gasteiger partial charge < -0.3 is 14.7 Å². The Morgan fingerprint density at radius 3 is 2.00 bits per heavy atom. The van der Waals surface area contributed by atoms with E-state index in [0.717, 1.165) is 31.9 Å². The van der Waals surface area contributed by atoms with Gasteiger partial charge in [-0.25, -0.2) is 9.97 Å². The van der Waals surface area contributed by atoms with Crippen LogP contribution in [0.2, 0.25) is 0 Å². The van der Waals surface area contributed by atoms with Crippen molar-refractivity contribution in [2.45, 2.75) is 6.92 Å². The molecule has 4 rings (SSSR count). The summed E-state index contributed by atoms with van der Waals surface area (Å²) in [5, 5.41) is 0. The van der Waals surface area contributed by atoms with Crippen molar-refractivity contribution < 1.29 is 4.79 Å². The molecule has 2 heterocycles. The average Bonchev–Trinajstić information content (AvgIpc) is 2.81. The van der Waals surface area contributed by atoms with Gasteiger partial charge in [0.1, 0.15) is 0 Å². The van der Waals surface area contributed by atoms with Gasteiger partial charge in [-0.05, 0) is 31.2 Å². The van der Waals surface area contributed by atoms with Gasteiger partial charge >= 0.3 is 0 Å². The minimum Gasteiger partial charge on any atom is -0.368 e. The Labute approximate surface area is 171 Å². The molecule has 1 aliphatic heterocycles. The number of carbonyl (C=O) groups excluding carboxylic acids is 1. The van der Waals surface area contributed by atoms with E-state index in [9.17, 15) is 4.79 Å². The van der Waals surface area contributed by atoms with Crippen molar-refractivity contribution in [2.75, 3.05) is 47.4 Å². The molecule has 6 nitrogen and oxygen atoms in total. The Morgan fingerprint density at radius 2 is 1.41 bits per heavy atom. The predicted octanol–water partition coefficient (Wildman–Crippen LogP) is 3.47. The number of nitrogens with zero attached hydrogens (tertiary/aromatic N) is 5. The Hall–Kier alpha value is -3.41. The van der Waals surface area contributed by atoms with E-state index >= 15 is 0 Å². The summed E-state index contributed by atoms with van der Waals surface area (Å²) in [6.45, 7) is 6.11. The minimum absolute atomic E-state index is 0.0841. The lowest BCUT2D eigenvalue weighted by Crippen LogP contribution is -2.47. The number of amides is 1. The predicted molar refractivity (Wildman–Crippen MR) is 117 cm³/mol. The lowest BCUT2D eigenvalue weighted by molar-refractivity contribution is 0.0987. The second-order valence-corrected chi connectivity index (χ2v) is 6.97. The highest BCUT2D eigenvalue weighted by Gasteiger charge is 2.21. The van der Waals surface area contributed by atoms with Crippen molar-refractivity contribution in [1.82, 2.24) is 9.97 Å². The zero-order valence-electron chi connectivity index (χ0n) is 16.6. The van der Waals surface area contributed by atoms with E-state index in [2.05, 4.69) is 44.0 Å². The van der Waals surface area contributed by atoms with E-state index < -0.39 is 0 Å². The summed E-state index contributed by atoms with van der Waals surface area (Å²) in [6, 6.07) is 20.1. The number of carbonyl (C=O) groups is 1.